The molecule has 0 atom stereocenters. The molecular weight excluding hydrogens is 230 g/mol. The van der Waals surface area contributed by atoms with Crippen LogP contribution in [-0.4, -0.2) is 4.57 Å². The van der Waals surface area contributed by atoms with Crippen molar-refractivity contribution in [2.75, 3.05) is 0 Å². The predicted molar refractivity (Wildman–Crippen MR) is 58.2 cm³/mol. The van der Waals surface area contributed by atoms with Gasteiger partial charge in [-0.25, -0.2) is 0 Å². The molecule has 1 rings (SSSR count). The molecule has 3 heteroatoms. The Hall–Kier alpha value is -0.570. The Kier molecular flexibility index (Phi) is 3.31. The average Bonchev–Trinajstić information content (AvgIpc) is 2.08. The summed E-state index contributed by atoms with van der Waals surface area (Å²) in [5.74, 6) is 0. The van der Waals surface area contributed by atoms with Crippen molar-refractivity contribution in [3.63, 3.8) is 0 Å². The molecule has 0 aliphatic carbocycles. The Morgan fingerprint density at radius 2 is 2.15 bits per heavy atom. The van der Waals surface area contributed by atoms with Crippen molar-refractivity contribution in [2.45, 2.75) is 33.2 Å². The third-order valence-corrected chi connectivity index (χ3v) is 2.45. The van der Waals surface area contributed by atoms with Crippen molar-refractivity contribution in [3.05, 3.63) is 32.7 Å². The number of aryl methyl sites for hydroxylation is 1. The Morgan fingerprint density at radius 3 is 2.62 bits per heavy atom. The first-order chi connectivity index (χ1) is 6.06. The fraction of sp³-hybridized carbons (Fsp3) is 0.500. The van der Waals surface area contributed by atoms with Gasteiger partial charge in [0.15, 0.2) is 0 Å². The summed E-state index contributed by atoms with van der Waals surface area (Å²) in [5, 5.41) is 0. The number of pyridine rings is 1. The maximum absolute atomic E-state index is 11.7. The van der Waals surface area contributed by atoms with Crippen LogP contribution in [0.2, 0.25) is 0 Å². The summed E-state index contributed by atoms with van der Waals surface area (Å²) in [6.45, 7) is 6.01. The second-order valence-corrected chi connectivity index (χ2v) is 4.26. The highest BCUT2D eigenvalue weighted by Crippen LogP contribution is 2.12. The van der Waals surface area contributed by atoms with E-state index in [0.717, 1.165) is 16.5 Å². The summed E-state index contributed by atoms with van der Waals surface area (Å²) in [6, 6.07) is 2.11. The van der Waals surface area contributed by atoms with Crippen LogP contribution in [0.25, 0.3) is 0 Å². The molecular formula is C10H14BrNO. The standard InChI is InChI=1S/C10H14BrNO/c1-4-8-5-9(11)6-12(7(2)3)10(8)13/h5-7H,4H2,1-3H3. The summed E-state index contributed by atoms with van der Waals surface area (Å²) in [4.78, 5) is 11.7. The second-order valence-electron chi connectivity index (χ2n) is 3.34. The topological polar surface area (TPSA) is 22.0 Å². The zero-order valence-electron chi connectivity index (χ0n) is 8.17. The molecule has 0 aliphatic heterocycles. The smallest absolute Gasteiger partial charge is 0.254 e. The van der Waals surface area contributed by atoms with Gasteiger partial charge in [0, 0.05) is 22.3 Å². The molecule has 0 unspecified atom stereocenters. The van der Waals surface area contributed by atoms with Crippen LogP contribution in [0.15, 0.2) is 21.5 Å². The van der Waals surface area contributed by atoms with Crippen LogP contribution in [0, 0.1) is 0 Å². The van der Waals surface area contributed by atoms with Gasteiger partial charge >= 0.3 is 0 Å². The molecule has 1 heterocycles. The molecule has 0 radical (unpaired) electrons. The molecule has 0 aromatic carbocycles. The van der Waals surface area contributed by atoms with E-state index in [-0.39, 0.29) is 11.6 Å². The van der Waals surface area contributed by atoms with Crippen molar-refractivity contribution in [1.29, 1.82) is 0 Å². The average molecular weight is 244 g/mol. The van der Waals surface area contributed by atoms with Gasteiger partial charge in [-0.2, -0.15) is 0 Å². The van der Waals surface area contributed by atoms with E-state index in [1.54, 1.807) is 4.57 Å². The van der Waals surface area contributed by atoms with E-state index in [2.05, 4.69) is 15.9 Å². The SMILES string of the molecule is CCc1cc(Br)cn(C(C)C)c1=O. The lowest BCUT2D eigenvalue weighted by molar-refractivity contribution is 0.572. The van der Waals surface area contributed by atoms with Gasteiger partial charge in [-0.05, 0) is 42.3 Å². The molecule has 72 valence electrons. The Morgan fingerprint density at radius 1 is 1.54 bits per heavy atom. The van der Waals surface area contributed by atoms with E-state index in [9.17, 15) is 4.79 Å². The van der Waals surface area contributed by atoms with Gasteiger partial charge in [-0.3, -0.25) is 4.79 Å². The molecule has 0 spiro atoms. The first-order valence-corrected chi connectivity index (χ1v) is 5.26. The first-order valence-electron chi connectivity index (χ1n) is 4.46. The molecule has 1 aromatic heterocycles. The first kappa shape index (κ1) is 10.5. The maximum atomic E-state index is 11.7. The van der Waals surface area contributed by atoms with E-state index in [4.69, 9.17) is 0 Å². The molecule has 0 fully saturated rings. The quantitative estimate of drug-likeness (QED) is 0.784. The largest absolute Gasteiger partial charge is 0.312 e. The highest BCUT2D eigenvalue weighted by atomic mass is 79.9. The summed E-state index contributed by atoms with van der Waals surface area (Å²) in [5.41, 5.74) is 0.990. The van der Waals surface area contributed by atoms with Crippen LogP contribution in [0.3, 0.4) is 0 Å². The number of halogens is 1. The second kappa shape index (κ2) is 4.09. The van der Waals surface area contributed by atoms with Crippen LogP contribution in [0.1, 0.15) is 32.4 Å². The zero-order chi connectivity index (χ0) is 10.0. The lowest BCUT2D eigenvalue weighted by atomic mass is 10.2. The van der Waals surface area contributed by atoms with Crippen LogP contribution in [-0.2, 0) is 6.42 Å². The molecule has 0 aliphatic rings. The third kappa shape index (κ3) is 2.21. The lowest BCUT2D eigenvalue weighted by Crippen LogP contribution is -2.24. The van der Waals surface area contributed by atoms with Crippen LogP contribution in [0.4, 0.5) is 0 Å². The number of aromatic nitrogens is 1. The minimum absolute atomic E-state index is 0.126. The zero-order valence-corrected chi connectivity index (χ0v) is 9.76. The minimum atomic E-state index is 0.126. The normalized spacial score (nSPS) is 10.8. The van der Waals surface area contributed by atoms with Gasteiger partial charge in [-0.15, -0.1) is 0 Å². The molecule has 0 bridgehead atoms. The number of nitrogens with zero attached hydrogens (tertiary/aromatic N) is 1. The third-order valence-electron chi connectivity index (χ3n) is 2.02. The number of rotatable bonds is 2. The van der Waals surface area contributed by atoms with Gasteiger partial charge < -0.3 is 4.57 Å². The van der Waals surface area contributed by atoms with E-state index < -0.39 is 0 Å². The highest BCUT2D eigenvalue weighted by molar-refractivity contribution is 9.10. The van der Waals surface area contributed by atoms with E-state index in [1.165, 1.54) is 0 Å². The molecule has 0 N–H and O–H groups in total. The van der Waals surface area contributed by atoms with Crippen molar-refractivity contribution in [2.24, 2.45) is 0 Å². The Labute approximate surface area is 86.7 Å². The van der Waals surface area contributed by atoms with E-state index in [1.807, 2.05) is 33.0 Å². The van der Waals surface area contributed by atoms with Crippen LogP contribution in [0.5, 0.6) is 0 Å². The number of hydrogen-bond donors (Lipinski definition) is 0. The van der Waals surface area contributed by atoms with Crippen molar-refractivity contribution >= 4 is 15.9 Å². The van der Waals surface area contributed by atoms with Gasteiger partial charge in [-0.1, -0.05) is 6.92 Å². The van der Waals surface area contributed by atoms with Crippen LogP contribution < -0.4 is 5.56 Å². The Bertz CT molecular complexity index is 354. The van der Waals surface area contributed by atoms with E-state index >= 15 is 0 Å². The lowest BCUT2D eigenvalue weighted by Gasteiger charge is -2.11. The predicted octanol–water partition coefficient (Wildman–Crippen LogP) is 2.75. The minimum Gasteiger partial charge on any atom is -0.312 e. The van der Waals surface area contributed by atoms with Crippen LogP contribution >= 0.6 is 15.9 Å². The van der Waals surface area contributed by atoms with Crippen molar-refractivity contribution in [1.82, 2.24) is 4.57 Å². The molecule has 1 aromatic rings. The van der Waals surface area contributed by atoms with Crippen molar-refractivity contribution < 1.29 is 0 Å². The van der Waals surface area contributed by atoms with Gasteiger partial charge in [0.1, 0.15) is 0 Å². The van der Waals surface area contributed by atoms with Gasteiger partial charge in [0.25, 0.3) is 5.56 Å². The van der Waals surface area contributed by atoms with Gasteiger partial charge in [0.2, 0.25) is 0 Å². The summed E-state index contributed by atoms with van der Waals surface area (Å²) in [6.07, 6.45) is 2.62. The molecule has 0 saturated heterocycles. The summed E-state index contributed by atoms with van der Waals surface area (Å²) in [7, 11) is 0. The monoisotopic (exact) mass is 243 g/mol. The van der Waals surface area contributed by atoms with Gasteiger partial charge in [0.05, 0.1) is 0 Å². The summed E-state index contributed by atoms with van der Waals surface area (Å²) < 4.78 is 2.72. The fourth-order valence-electron chi connectivity index (χ4n) is 1.26. The van der Waals surface area contributed by atoms with Crippen molar-refractivity contribution in [3.8, 4) is 0 Å². The maximum Gasteiger partial charge on any atom is 0.254 e. The highest BCUT2D eigenvalue weighted by Gasteiger charge is 2.05. The molecule has 0 amide bonds. The fourth-order valence-corrected chi connectivity index (χ4v) is 1.76. The molecule has 13 heavy (non-hydrogen) atoms. The number of hydrogen-bond acceptors (Lipinski definition) is 1. The summed E-state index contributed by atoms with van der Waals surface area (Å²) >= 11 is 3.40. The molecule has 2 nitrogen and oxygen atoms in total. The van der Waals surface area contributed by atoms with E-state index in [0.29, 0.717) is 0 Å². The molecule has 0 saturated carbocycles. The Balaban J connectivity index is 3.36.